The Labute approximate surface area is 206 Å². The zero-order valence-electron chi connectivity index (χ0n) is 19.3. The molecule has 3 aromatic carbocycles. The Hall–Kier alpha value is -3.15. The number of amides is 2. The van der Waals surface area contributed by atoms with E-state index in [1.165, 1.54) is 0 Å². The molecule has 1 aliphatic heterocycles. The molecular formula is C28H30ClN3O2. The van der Waals surface area contributed by atoms with Gasteiger partial charge in [0.2, 0.25) is 5.91 Å². The molecule has 0 saturated carbocycles. The molecule has 1 aliphatic rings. The third kappa shape index (κ3) is 6.04. The van der Waals surface area contributed by atoms with Gasteiger partial charge in [0.1, 0.15) is 0 Å². The van der Waals surface area contributed by atoms with Crippen molar-refractivity contribution in [2.24, 2.45) is 5.92 Å². The van der Waals surface area contributed by atoms with Crippen LogP contribution in [0.4, 0.5) is 5.69 Å². The van der Waals surface area contributed by atoms with E-state index in [4.69, 9.17) is 11.6 Å². The molecule has 0 radical (unpaired) electrons. The van der Waals surface area contributed by atoms with Crippen LogP contribution < -0.4 is 10.6 Å². The summed E-state index contributed by atoms with van der Waals surface area (Å²) in [6, 6.07) is 24.7. The molecule has 2 amide bonds. The maximum Gasteiger partial charge on any atom is 0.253 e. The number of para-hydroxylation sites is 1. The lowest BCUT2D eigenvalue weighted by atomic mass is 9.95. The molecule has 2 N–H and O–H groups in total. The van der Waals surface area contributed by atoms with E-state index in [0.29, 0.717) is 11.3 Å². The van der Waals surface area contributed by atoms with Crippen LogP contribution in [0.25, 0.3) is 0 Å². The van der Waals surface area contributed by atoms with Crippen molar-refractivity contribution in [3.63, 3.8) is 0 Å². The normalized spacial score (nSPS) is 15.5. The molecule has 0 aromatic heterocycles. The van der Waals surface area contributed by atoms with Gasteiger partial charge in [-0.3, -0.25) is 14.5 Å². The van der Waals surface area contributed by atoms with Gasteiger partial charge in [-0.25, -0.2) is 0 Å². The van der Waals surface area contributed by atoms with Gasteiger partial charge in [-0.2, -0.15) is 0 Å². The van der Waals surface area contributed by atoms with Crippen LogP contribution in [0.3, 0.4) is 0 Å². The number of halogens is 1. The van der Waals surface area contributed by atoms with Crippen LogP contribution in [0.15, 0.2) is 78.9 Å². The van der Waals surface area contributed by atoms with Crippen LogP contribution in [-0.4, -0.2) is 29.8 Å². The summed E-state index contributed by atoms with van der Waals surface area (Å²) in [6.45, 7) is 4.40. The van der Waals surface area contributed by atoms with Gasteiger partial charge in [0.15, 0.2) is 0 Å². The molecule has 1 heterocycles. The van der Waals surface area contributed by atoms with Gasteiger partial charge < -0.3 is 10.6 Å². The quantitative estimate of drug-likeness (QED) is 0.462. The van der Waals surface area contributed by atoms with E-state index in [1.807, 2.05) is 73.7 Å². The number of nitrogens with zero attached hydrogens (tertiary/aromatic N) is 1. The Morgan fingerprint density at radius 2 is 1.59 bits per heavy atom. The van der Waals surface area contributed by atoms with Crippen LogP contribution in [0.2, 0.25) is 5.02 Å². The van der Waals surface area contributed by atoms with E-state index >= 15 is 0 Å². The lowest BCUT2D eigenvalue weighted by Gasteiger charge is -2.31. The Bertz CT molecular complexity index is 1130. The number of rotatable bonds is 7. The smallest absolute Gasteiger partial charge is 0.253 e. The average molecular weight is 476 g/mol. The van der Waals surface area contributed by atoms with Crippen LogP contribution in [-0.2, 0) is 11.3 Å². The monoisotopic (exact) mass is 475 g/mol. The highest BCUT2D eigenvalue weighted by Gasteiger charge is 2.26. The van der Waals surface area contributed by atoms with E-state index in [2.05, 4.69) is 15.5 Å². The molecular weight excluding hydrogens is 446 g/mol. The largest absolute Gasteiger partial charge is 0.345 e. The third-order valence-electron chi connectivity index (χ3n) is 6.39. The summed E-state index contributed by atoms with van der Waals surface area (Å²) < 4.78 is 0. The van der Waals surface area contributed by atoms with Crippen LogP contribution in [0, 0.1) is 5.92 Å². The highest BCUT2D eigenvalue weighted by atomic mass is 35.5. The molecule has 3 aromatic rings. The number of benzene rings is 3. The maximum absolute atomic E-state index is 13.0. The van der Waals surface area contributed by atoms with Crippen molar-refractivity contribution in [2.45, 2.75) is 32.4 Å². The van der Waals surface area contributed by atoms with E-state index < -0.39 is 0 Å². The molecule has 176 valence electrons. The minimum absolute atomic E-state index is 0.0336. The van der Waals surface area contributed by atoms with Gasteiger partial charge in [0, 0.05) is 17.5 Å². The Morgan fingerprint density at radius 1 is 0.941 bits per heavy atom. The lowest BCUT2D eigenvalue weighted by molar-refractivity contribution is -0.121. The van der Waals surface area contributed by atoms with E-state index in [-0.39, 0.29) is 23.8 Å². The summed E-state index contributed by atoms with van der Waals surface area (Å²) in [5.74, 6) is -0.322. The summed E-state index contributed by atoms with van der Waals surface area (Å²) >= 11 is 6.30. The van der Waals surface area contributed by atoms with Crippen molar-refractivity contribution < 1.29 is 9.59 Å². The number of piperidine rings is 1. The number of carbonyl (C=O) groups excluding carboxylic acids is 2. The third-order valence-corrected chi connectivity index (χ3v) is 6.76. The van der Waals surface area contributed by atoms with Crippen molar-refractivity contribution in [1.82, 2.24) is 10.2 Å². The topological polar surface area (TPSA) is 61.4 Å². The first-order valence-corrected chi connectivity index (χ1v) is 12.1. The van der Waals surface area contributed by atoms with Gasteiger partial charge in [-0.15, -0.1) is 0 Å². The first-order chi connectivity index (χ1) is 16.5. The fraction of sp³-hybridized carbons (Fsp3) is 0.286. The fourth-order valence-electron chi connectivity index (χ4n) is 4.35. The van der Waals surface area contributed by atoms with E-state index in [9.17, 15) is 9.59 Å². The molecule has 5 nitrogen and oxygen atoms in total. The van der Waals surface area contributed by atoms with Crippen LogP contribution >= 0.6 is 11.6 Å². The molecule has 0 bridgehead atoms. The van der Waals surface area contributed by atoms with Crippen molar-refractivity contribution >= 4 is 29.1 Å². The predicted octanol–water partition coefficient (Wildman–Crippen LogP) is 5.68. The highest BCUT2D eigenvalue weighted by Crippen LogP contribution is 2.25. The van der Waals surface area contributed by atoms with Gasteiger partial charge >= 0.3 is 0 Å². The van der Waals surface area contributed by atoms with Crippen molar-refractivity contribution in [3.8, 4) is 0 Å². The minimum atomic E-state index is -0.207. The summed E-state index contributed by atoms with van der Waals surface area (Å²) in [5, 5.41) is 6.82. The number of likely N-dealkylation sites (tertiary alicyclic amines) is 1. The summed E-state index contributed by atoms with van der Waals surface area (Å²) in [6.07, 6.45) is 1.55. The number of nitrogens with one attached hydrogen (secondary N) is 2. The second kappa shape index (κ2) is 11.3. The fourth-order valence-corrected chi connectivity index (χ4v) is 4.54. The Balaban J connectivity index is 1.34. The summed E-state index contributed by atoms with van der Waals surface area (Å²) in [4.78, 5) is 28.3. The molecule has 1 atom stereocenters. The van der Waals surface area contributed by atoms with Gasteiger partial charge in [-0.1, -0.05) is 72.3 Å². The average Bonchev–Trinajstić information content (AvgIpc) is 2.86. The van der Waals surface area contributed by atoms with Crippen molar-refractivity contribution in [1.29, 1.82) is 0 Å². The molecule has 0 unspecified atom stereocenters. The molecule has 6 heteroatoms. The van der Waals surface area contributed by atoms with Gasteiger partial charge in [0.05, 0.1) is 17.3 Å². The number of carbonyl (C=O) groups is 2. The van der Waals surface area contributed by atoms with E-state index in [0.717, 1.165) is 48.6 Å². The first-order valence-electron chi connectivity index (χ1n) is 11.7. The van der Waals surface area contributed by atoms with Gasteiger partial charge in [-0.05, 0) is 62.2 Å². The standard InChI is InChI=1S/C28H30ClN3O2/c1-20(21-9-3-2-4-10-21)30-28(34)24-12-6-8-14-26(24)31-27(33)22-15-17-32(18-16-22)19-23-11-5-7-13-25(23)29/h2-14,20,22H,15-19H2,1H3,(H,30,34)(H,31,33)/t20-/m1/s1. The van der Waals surface area contributed by atoms with Gasteiger partial charge in [0.25, 0.3) is 5.91 Å². The van der Waals surface area contributed by atoms with E-state index in [1.54, 1.807) is 12.1 Å². The van der Waals surface area contributed by atoms with Crippen molar-refractivity contribution in [3.05, 3.63) is 101 Å². The summed E-state index contributed by atoms with van der Waals surface area (Å²) in [7, 11) is 0. The molecule has 0 aliphatic carbocycles. The number of hydrogen-bond donors (Lipinski definition) is 2. The lowest BCUT2D eigenvalue weighted by Crippen LogP contribution is -2.38. The molecule has 4 rings (SSSR count). The van der Waals surface area contributed by atoms with Crippen LogP contribution in [0.5, 0.6) is 0 Å². The van der Waals surface area contributed by atoms with Crippen LogP contribution in [0.1, 0.15) is 47.3 Å². The number of hydrogen-bond acceptors (Lipinski definition) is 3. The zero-order valence-corrected chi connectivity index (χ0v) is 20.1. The molecule has 1 saturated heterocycles. The zero-order chi connectivity index (χ0) is 23.9. The minimum Gasteiger partial charge on any atom is -0.345 e. The number of anilines is 1. The highest BCUT2D eigenvalue weighted by molar-refractivity contribution is 6.31. The maximum atomic E-state index is 13.0. The molecule has 1 fully saturated rings. The second-order valence-electron chi connectivity index (χ2n) is 8.78. The second-order valence-corrected chi connectivity index (χ2v) is 9.19. The molecule has 34 heavy (non-hydrogen) atoms. The molecule has 0 spiro atoms. The SMILES string of the molecule is C[C@@H](NC(=O)c1ccccc1NC(=O)C1CCN(Cc2ccccc2Cl)CC1)c1ccccc1. The Morgan fingerprint density at radius 3 is 2.32 bits per heavy atom. The first kappa shape index (κ1) is 24.0. The predicted molar refractivity (Wildman–Crippen MR) is 137 cm³/mol. The summed E-state index contributed by atoms with van der Waals surface area (Å²) in [5.41, 5.74) is 3.15. The van der Waals surface area contributed by atoms with Crippen molar-refractivity contribution in [2.75, 3.05) is 18.4 Å². The Kier molecular flexibility index (Phi) is 7.99.